The van der Waals surface area contributed by atoms with Gasteiger partial charge in [0.1, 0.15) is 5.75 Å². The maximum Gasteiger partial charge on any atom is 0.494 e. The van der Waals surface area contributed by atoms with Crippen LogP contribution in [-0.2, 0) is 9.31 Å². The molecule has 1 aliphatic heterocycles. The van der Waals surface area contributed by atoms with E-state index in [-0.39, 0.29) is 30.0 Å². The lowest BCUT2D eigenvalue weighted by Gasteiger charge is -2.32. The fourth-order valence-corrected chi connectivity index (χ4v) is 3.21. The molecule has 6 heteroatoms. The van der Waals surface area contributed by atoms with Crippen LogP contribution in [0, 0.1) is 5.92 Å². The van der Waals surface area contributed by atoms with Crippen molar-refractivity contribution in [3.05, 3.63) is 24.3 Å². The Morgan fingerprint density at radius 3 is 2.28 bits per heavy atom. The van der Waals surface area contributed by atoms with E-state index in [1.54, 1.807) is 0 Å². The van der Waals surface area contributed by atoms with Crippen molar-refractivity contribution in [2.75, 3.05) is 6.61 Å². The van der Waals surface area contributed by atoms with Crippen LogP contribution in [0.2, 0.25) is 0 Å². The van der Waals surface area contributed by atoms with Gasteiger partial charge in [0.2, 0.25) is 5.92 Å². The Morgan fingerprint density at radius 2 is 1.68 bits per heavy atom. The third-order valence-corrected chi connectivity index (χ3v) is 5.71. The summed E-state index contributed by atoms with van der Waals surface area (Å²) in [6.07, 6.45) is 0.970. The minimum absolute atomic E-state index is 0.0328. The number of benzene rings is 1. The minimum Gasteiger partial charge on any atom is -0.493 e. The average Bonchev–Trinajstić information content (AvgIpc) is 2.75. The van der Waals surface area contributed by atoms with Crippen LogP contribution < -0.4 is 10.2 Å². The lowest BCUT2D eigenvalue weighted by Crippen LogP contribution is -2.41. The number of hydrogen-bond donors (Lipinski definition) is 0. The summed E-state index contributed by atoms with van der Waals surface area (Å²) in [7, 11) is -0.429. The zero-order valence-electron chi connectivity index (χ0n) is 15.5. The molecule has 0 unspecified atom stereocenters. The second-order valence-electron chi connectivity index (χ2n) is 8.27. The Labute approximate surface area is 149 Å². The zero-order valence-corrected chi connectivity index (χ0v) is 15.5. The third kappa shape index (κ3) is 4.17. The van der Waals surface area contributed by atoms with E-state index in [0.29, 0.717) is 19.4 Å². The molecule has 0 aromatic heterocycles. The molecule has 0 bridgehead atoms. The Balaban J connectivity index is 1.59. The Kier molecular flexibility index (Phi) is 4.88. The molecule has 0 atom stereocenters. The molecule has 0 radical (unpaired) electrons. The first-order chi connectivity index (χ1) is 11.6. The van der Waals surface area contributed by atoms with Gasteiger partial charge in [-0.05, 0) is 64.1 Å². The highest BCUT2D eigenvalue weighted by Gasteiger charge is 2.51. The summed E-state index contributed by atoms with van der Waals surface area (Å²) in [5, 5.41) is 0. The van der Waals surface area contributed by atoms with Crippen LogP contribution in [0.15, 0.2) is 24.3 Å². The molecule has 1 aromatic rings. The van der Waals surface area contributed by atoms with Crippen LogP contribution in [0.25, 0.3) is 0 Å². The molecule has 25 heavy (non-hydrogen) atoms. The molecule has 2 fully saturated rings. The number of hydrogen-bond acceptors (Lipinski definition) is 3. The second kappa shape index (κ2) is 6.55. The van der Waals surface area contributed by atoms with Gasteiger partial charge in [0, 0.05) is 12.8 Å². The van der Waals surface area contributed by atoms with Crippen molar-refractivity contribution in [1.82, 2.24) is 0 Å². The topological polar surface area (TPSA) is 27.7 Å². The van der Waals surface area contributed by atoms with Crippen LogP contribution in [0.5, 0.6) is 5.75 Å². The summed E-state index contributed by atoms with van der Waals surface area (Å²) >= 11 is 0. The molecular weight excluding hydrogens is 325 g/mol. The van der Waals surface area contributed by atoms with Crippen LogP contribution in [0.3, 0.4) is 0 Å². The number of alkyl halides is 2. The van der Waals surface area contributed by atoms with Crippen LogP contribution in [0.4, 0.5) is 8.78 Å². The zero-order chi connectivity index (χ0) is 18.3. The predicted molar refractivity (Wildman–Crippen MR) is 94.6 cm³/mol. The number of rotatable bonds is 4. The molecular formula is C19H27BF2O3. The van der Waals surface area contributed by atoms with E-state index >= 15 is 0 Å². The molecule has 2 aliphatic rings. The largest absolute Gasteiger partial charge is 0.494 e. The van der Waals surface area contributed by atoms with E-state index in [1.165, 1.54) is 0 Å². The van der Waals surface area contributed by atoms with E-state index in [9.17, 15) is 8.78 Å². The molecule has 3 rings (SSSR count). The minimum atomic E-state index is -2.49. The summed E-state index contributed by atoms with van der Waals surface area (Å²) < 4.78 is 44.4. The molecule has 3 nitrogen and oxygen atoms in total. The van der Waals surface area contributed by atoms with Gasteiger partial charge in [0.25, 0.3) is 0 Å². The normalized spacial score (nSPS) is 25.1. The third-order valence-electron chi connectivity index (χ3n) is 5.71. The molecule has 0 amide bonds. The van der Waals surface area contributed by atoms with Gasteiger partial charge in [0.05, 0.1) is 17.8 Å². The molecule has 1 aliphatic carbocycles. The van der Waals surface area contributed by atoms with Gasteiger partial charge in [-0.3, -0.25) is 0 Å². The summed E-state index contributed by atoms with van der Waals surface area (Å²) in [5.41, 5.74) is 0.135. The van der Waals surface area contributed by atoms with Gasteiger partial charge < -0.3 is 14.0 Å². The quantitative estimate of drug-likeness (QED) is 0.761. The average molecular weight is 352 g/mol. The van der Waals surface area contributed by atoms with Crippen LogP contribution in [-0.4, -0.2) is 30.8 Å². The smallest absolute Gasteiger partial charge is 0.493 e. The first kappa shape index (κ1) is 18.6. The van der Waals surface area contributed by atoms with Crippen molar-refractivity contribution >= 4 is 12.6 Å². The van der Waals surface area contributed by atoms with E-state index in [2.05, 4.69) is 0 Å². The molecule has 0 N–H and O–H groups in total. The molecule has 1 saturated carbocycles. The maximum absolute atomic E-state index is 13.2. The van der Waals surface area contributed by atoms with E-state index in [1.807, 2.05) is 52.0 Å². The molecule has 1 aromatic carbocycles. The van der Waals surface area contributed by atoms with Crippen LogP contribution >= 0.6 is 0 Å². The lowest BCUT2D eigenvalue weighted by molar-refractivity contribution is -0.0498. The van der Waals surface area contributed by atoms with Crippen molar-refractivity contribution < 1.29 is 22.8 Å². The lowest BCUT2D eigenvalue weighted by atomic mass is 9.79. The summed E-state index contributed by atoms with van der Waals surface area (Å²) in [5.74, 6) is -1.57. The number of ether oxygens (including phenoxy) is 1. The van der Waals surface area contributed by atoms with Crippen LogP contribution in [0.1, 0.15) is 53.4 Å². The predicted octanol–water partition coefficient (Wildman–Crippen LogP) is 4.19. The molecule has 1 saturated heterocycles. The Bertz CT molecular complexity index is 592. The second-order valence-corrected chi connectivity index (χ2v) is 8.27. The Morgan fingerprint density at radius 1 is 1.08 bits per heavy atom. The van der Waals surface area contributed by atoms with Gasteiger partial charge in [-0.15, -0.1) is 0 Å². The highest BCUT2D eigenvalue weighted by Crippen LogP contribution is 2.37. The van der Waals surface area contributed by atoms with Crippen molar-refractivity contribution in [1.29, 1.82) is 0 Å². The fourth-order valence-electron chi connectivity index (χ4n) is 3.21. The first-order valence-electron chi connectivity index (χ1n) is 9.04. The highest BCUT2D eigenvalue weighted by atomic mass is 19.3. The molecule has 1 heterocycles. The van der Waals surface area contributed by atoms with Gasteiger partial charge >= 0.3 is 7.12 Å². The van der Waals surface area contributed by atoms with Crippen molar-refractivity contribution in [2.24, 2.45) is 5.92 Å². The number of halogens is 2. The summed E-state index contributed by atoms with van der Waals surface area (Å²) in [4.78, 5) is 0. The van der Waals surface area contributed by atoms with Crippen molar-refractivity contribution in [3.8, 4) is 5.75 Å². The monoisotopic (exact) mass is 352 g/mol. The van der Waals surface area contributed by atoms with E-state index < -0.39 is 13.0 Å². The summed E-state index contributed by atoms with van der Waals surface area (Å²) in [6, 6.07) is 7.66. The fraction of sp³-hybridized carbons (Fsp3) is 0.684. The van der Waals surface area contributed by atoms with Crippen molar-refractivity contribution in [3.63, 3.8) is 0 Å². The molecule has 138 valence electrons. The summed E-state index contributed by atoms with van der Waals surface area (Å²) in [6.45, 7) is 8.56. The first-order valence-corrected chi connectivity index (χ1v) is 9.04. The van der Waals surface area contributed by atoms with E-state index in [0.717, 1.165) is 11.2 Å². The standard InChI is InChI=1S/C19H27BF2O3/c1-17(2)18(3,4)25-20(24-17)15-6-5-7-16(12-15)23-13-14-8-10-19(21,22)11-9-14/h5-7,12,14H,8-11,13H2,1-4H3. The van der Waals surface area contributed by atoms with E-state index in [4.69, 9.17) is 14.0 Å². The van der Waals surface area contributed by atoms with Gasteiger partial charge in [0.15, 0.2) is 0 Å². The van der Waals surface area contributed by atoms with Gasteiger partial charge in [-0.1, -0.05) is 12.1 Å². The highest BCUT2D eigenvalue weighted by molar-refractivity contribution is 6.62. The maximum atomic E-state index is 13.2. The van der Waals surface area contributed by atoms with Crippen molar-refractivity contribution in [2.45, 2.75) is 70.5 Å². The SMILES string of the molecule is CC1(C)OB(c2cccc(OCC3CCC(F)(F)CC3)c2)OC1(C)C. The van der Waals surface area contributed by atoms with Gasteiger partial charge in [-0.2, -0.15) is 0 Å². The molecule has 0 spiro atoms. The van der Waals surface area contributed by atoms with Gasteiger partial charge in [-0.25, -0.2) is 8.78 Å². The Hall–Kier alpha value is -1.14.